The fourth-order valence-corrected chi connectivity index (χ4v) is 3.88. The Morgan fingerprint density at radius 1 is 1.15 bits per heavy atom. The Morgan fingerprint density at radius 2 is 1.96 bits per heavy atom. The van der Waals surface area contributed by atoms with Crippen LogP contribution in [0.3, 0.4) is 0 Å². The van der Waals surface area contributed by atoms with E-state index in [0.29, 0.717) is 5.57 Å². The summed E-state index contributed by atoms with van der Waals surface area (Å²) >= 11 is 3.50. The molecule has 1 amide bonds. The molecule has 1 fully saturated rings. The zero-order valence-electron chi connectivity index (χ0n) is 14.2. The molecule has 0 unspecified atom stereocenters. The molecule has 4 rings (SSSR count). The van der Waals surface area contributed by atoms with Crippen molar-refractivity contribution >= 4 is 38.8 Å². The highest BCUT2D eigenvalue weighted by Crippen LogP contribution is 2.38. The van der Waals surface area contributed by atoms with Crippen LogP contribution < -0.4 is 16.0 Å². The van der Waals surface area contributed by atoms with E-state index in [1.54, 1.807) is 18.2 Å². The maximum absolute atomic E-state index is 12.8. The summed E-state index contributed by atoms with van der Waals surface area (Å²) in [6, 6.07) is 13.1. The molecule has 26 heavy (non-hydrogen) atoms. The van der Waals surface area contributed by atoms with E-state index in [1.807, 2.05) is 24.3 Å². The van der Waals surface area contributed by atoms with Gasteiger partial charge >= 0.3 is 0 Å². The summed E-state index contributed by atoms with van der Waals surface area (Å²) in [6.45, 7) is 1.91. The topological polar surface area (TPSA) is 73.4 Å². The number of phenols is 1. The molecule has 0 radical (unpaired) electrons. The zero-order valence-corrected chi connectivity index (χ0v) is 15.8. The number of hydrogen-bond acceptors (Lipinski definition) is 4. The molecule has 2 aliphatic heterocycles. The molecule has 134 valence electrons. The van der Waals surface area contributed by atoms with Gasteiger partial charge in [0, 0.05) is 27.3 Å². The predicted molar refractivity (Wildman–Crippen MR) is 107 cm³/mol. The molecular formula is C20H20BrN3O2. The largest absolute Gasteiger partial charge is 0.508 e. The maximum Gasteiger partial charge on any atom is 0.258 e. The number of nitrogens with one attached hydrogen (secondary N) is 3. The van der Waals surface area contributed by atoms with Crippen LogP contribution in [0.4, 0.5) is 5.69 Å². The van der Waals surface area contributed by atoms with Gasteiger partial charge < -0.3 is 21.1 Å². The molecule has 2 heterocycles. The Morgan fingerprint density at radius 3 is 2.73 bits per heavy atom. The quantitative estimate of drug-likeness (QED) is 0.582. The van der Waals surface area contributed by atoms with Crippen molar-refractivity contribution in [2.45, 2.75) is 18.9 Å². The van der Waals surface area contributed by atoms with Crippen molar-refractivity contribution in [2.75, 3.05) is 18.4 Å². The van der Waals surface area contributed by atoms with Crippen LogP contribution in [0.1, 0.15) is 24.0 Å². The van der Waals surface area contributed by atoms with Crippen molar-refractivity contribution in [1.82, 2.24) is 10.6 Å². The average Bonchev–Trinajstić information content (AvgIpc) is 2.95. The van der Waals surface area contributed by atoms with Gasteiger partial charge in [0.1, 0.15) is 5.75 Å². The molecule has 0 bridgehead atoms. The average molecular weight is 414 g/mol. The maximum atomic E-state index is 12.8. The van der Waals surface area contributed by atoms with Gasteiger partial charge in [0.25, 0.3) is 5.91 Å². The molecule has 5 nitrogen and oxygen atoms in total. The second-order valence-corrected chi connectivity index (χ2v) is 7.53. The molecule has 4 N–H and O–H groups in total. The summed E-state index contributed by atoms with van der Waals surface area (Å²) in [7, 11) is 0. The number of benzene rings is 2. The van der Waals surface area contributed by atoms with Gasteiger partial charge in [-0.2, -0.15) is 0 Å². The highest BCUT2D eigenvalue weighted by atomic mass is 79.9. The first-order valence-corrected chi connectivity index (χ1v) is 9.53. The number of amides is 1. The number of piperidine rings is 1. The van der Waals surface area contributed by atoms with Gasteiger partial charge in [-0.25, -0.2) is 0 Å². The Hall–Kier alpha value is -2.31. The minimum atomic E-state index is -0.127. The van der Waals surface area contributed by atoms with E-state index in [1.165, 1.54) is 0 Å². The van der Waals surface area contributed by atoms with E-state index in [0.717, 1.165) is 52.9 Å². The molecule has 1 saturated heterocycles. The molecule has 0 saturated carbocycles. The van der Waals surface area contributed by atoms with Gasteiger partial charge in [-0.15, -0.1) is 0 Å². The summed E-state index contributed by atoms with van der Waals surface area (Å²) in [6.07, 6.45) is 1.98. The third kappa shape index (κ3) is 3.34. The monoisotopic (exact) mass is 413 g/mol. The minimum absolute atomic E-state index is 0.127. The van der Waals surface area contributed by atoms with Gasteiger partial charge in [0.05, 0.1) is 11.3 Å². The number of anilines is 1. The molecule has 2 aromatic carbocycles. The van der Waals surface area contributed by atoms with Crippen LogP contribution >= 0.6 is 15.9 Å². The van der Waals surface area contributed by atoms with Crippen molar-refractivity contribution in [3.63, 3.8) is 0 Å². The van der Waals surface area contributed by atoms with Crippen LogP contribution in [0.25, 0.3) is 11.3 Å². The lowest BCUT2D eigenvalue weighted by Crippen LogP contribution is -2.39. The normalized spacial score (nSPS) is 19.0. The minimum Gasteiger partial charge on any atom is -0.508 e. The van der Waals surface area contributed by atoms with Crippen LogP contribution in [0.5, 0.6) is 5.75 Å². The third-order valence-electron chi connectivity index (χ3n) is 4.80. The second kappa shape index (κ2) is 7.13. The Bertz CT molecular complexity index is 888. The van der Waals surface area contributed by atoms with Gasteiger partial charge in [0.15, 0.2) is 0 Å². The lowest BCUT2D eigenvalue weighted by atomic mass is 9.98. The predicted octanol–water partition coefficient (Wildman–Crippen LogP) is 3.32. The number of carbonyl (C=O) groups is 1. The first-order valence-electron chi connectivity index (χ1n) is 8.74. The molecular weight excluding hydrogens is 394 g/mol. The number of phenolic OH excluding ortho intramolecular Hbond substituents is 1. The Labute approximate surface area is 160 Å². The van der Waals surface area contributed by atoms with E-state index >= 15 is 0 Å². The van der Waals surface area contributed by atoms with Gasteiger partial charge in [0.2, 0.25) is 0 Å². The fraction of sp³-hybridized carbons (Fsp3) is 0.250. The van der Waals surface area contributed by atoms with Crippen LogP contribution in [0.15, 0.2) is 46.9 Å². The first kappa shape index (κ1) is 17.1. The molecule has 2 aromatic rings. The summed E-state index contributed by atoms with van der Waals surface area (Å²) in [5.74, 6) is 0.0541. The summed E-state index contributed by atoms with van der Waals surface area (Å²) in [5.41, 5.74) is 3.86. The van der Waals surface area contributed by atoms with E-state index in [9.17, 15) is 9.90 Å². The smallest absolute Gasteiger partial charge is 0.258 e. The second-order valence-electron chi connectivity index (χ2n) is 6.61. The van der Waals surface area contributed by atoms with Crippen LogP contribution in [0, 0.1) is 0 Å². The molecule has 2 aliphatic rings. The molecule has 6 heteroatoms. The number of aromatic hydroxyl groups is 1. The third-order valence-corrected chi connectivity index (χ3v) is 5.29. The van der Waals surface area contributed by atoms with Crippen LogP contribution in [-0.4, -0.2) is 30.1 Å². The number of halogens is 1. The van der Waals surface area contributed by atoms with Crippen molar-refractivity contribution in [3.8, 4) is 5.75 Å². The van der Waals surface area contributed by atoms with Crippen molar-refractivity contribution in [3.05, 3.63) is 58.1 Å². The molecule has 0 atom stereocenters. The van der Waals surface area contributed by atoms with Crippen molar-refractivity contribution in [2.24, 2.45) is 0 Å². The number of carbonyl (C=O) groups excluding carboxylic acids is 1. The van der Waals surface area contributed by atoms with E-state index in [-0.39, 0.29) is 17.7 Å². The Kier molecular flexibility index (Phi) is 4.70. The standard InChI is InChI=1S/C20H20BrN3O2/c21-13-4-5-17-16(11-13)18(20(26)24-17)19(12-2-1-3-15(25)10-12)23-14-6-8-22-9-7-14/h1-5,10-11,14,22-23,25H,6-9H2,(H,24,26)/b19-18-. The fourth-order valence-electron chi connectivity index (χ4n) is 3.52. The van der Waals surface area contributed by atoms with Crippen molar-refractivity contribution < 1.29 is 9.90 Å². The highest BCUT2D eigenvalue weighted by molar-refractivity contribution is 9.10. The highest BCUT2D eigenvalue weighted by Gasteiger charge is 2.29. The van der Waals surface area contributed by atoms with E-state index < -0.39 is 0 Å². The SMILES string of the molecule is O=C1Nc2ccc(Br)cc2/C1=C(/NC1CCNCC1)c1cccc(O)c1. The molecule has 0 aliphatic carbocycles. The first-order chi connectivity index (χ1) is 12.6. The van der Waals surface area contributed by atoms with Gasteiger partial charge in [-0.05, 0) is 56.3 Å². The molecule has 0 aromatic heterocycles. The Balaban J connectivity index is 1.85. The molecule has 0 spiro atoms. The van der Waals surface area contributed by atoms with Crippen LogP contribution in [-0.2, 0) is 4.79 Å². The zero-order chi connectivity index (χ0) is 18.1. The number of fused-ring (bicyclic) bond motifs is 1. The van der Waals surface area contributed by atoms with Gasteiger partial charge in [-0.3, -0.25) is 4.79 Å². The summed E-state index contributed by atoms with van der Waals surface area (Å²) in [4.78, 5) is 12.8. The number of rotatable bonds is 3. The summed E-state index contributed by atoms with van der Waals surface area (Å²) in [5, 5.41) is 19.8. The summed E-state index contributed by atoms with van der Waals surface area (Å²) < 4.78 is 0.919. The number of hydrogen-bond donors (Lipinski definition) is 4. The van der Waals surface area contributed by atoms with E-state index in [4.69, 9.17) is 0 Å². The van der Waals surface area contributed by atoms with E-state index in [2.05, 4.69) is 31.9 Å². The van der Waals surface area contributed by atoms with Gasteiger partial charge in [-0.1, -0.05) is 28.1 Å². The van der Waals surface area contributed by atoms with Crippen LogP contribution in [0.2, 0.25) is 0 Å². The lowest BCUT2D eigenvalue weighted by molar-refractivity contribution is -0.110. The van der Waals surface area contributed by atoms with Crippen molar-refractivity contribution in [1.29, 1.82) is 0 Å². The lowest BCUT2D eigenvalue weighted by Gasteiger charge is -2.27.